The highest BCUT2D eigenvalue weighted by Gasteiger charge is 2.23. The number of aliphatic imine (C=N–C) groups is 1. The maximum Gasteiger partial charge on any atom is 0.240 e. The van der Waals surface area contributed by atoms with E-state index in [0.717, 1.165) is 6.08 Å². The zero-order valence-electron chi connectivity index (χ0n) is 22.2. The first kappa shape index (κ1) is 32.5. The van der Waals surface area contributed by atoms with Crippen LogP contribution in [0.25, 0.3) is 5.70 Å². The van der Waals surface area contributed by atoms with Crippen LogP contribution in [-0.4, -0.2) is 17.5 Å². The summed E-state index contributed by atoms with van der Waals surface area (Å²) in [5, 5.41) is 2.42. The van der Waals surface area contributed by atoms with Crippen molar-refractivity contribution in [3.63, 3.8) is 0 Å². The number of halogens is 6. The summed E-state index contributed by atoms with van der Waals surface area (Å²) in [6, 6.07) is 11.4. The van der Waals surface area contributed by atoms with Gasteiger partial charge in [0.05, 0.1) is 28.2 Å². The van der Waals surface area contributed by atoms with Gasteiger partial charge in [-0.2, -0.15) is 0 Å². The van der Waals surface area contributed by atoms with Crippen molar-refractivity contribution in [2.24, 2.45) is 10.7 Å². The Morgan fingerprint density at radius 2 is 1.41 bits per heavy atom. The highest BCUT2D eigenvalue weighted by molar-refractivity contribution is 6.02. The van der Waals surface area contributed by atoms with Gasteiger partial charge in [0, 0.05) is 30.7 Å². The maximum absolute atomic E-state index is 13.7. The topological polar surface area (TPSA) is 84.5 Å². The van der Waals surface area contributed by atoms with E-state index in [1.165, 1.54) is 0 Å². The zero-order chi connectivity index (χ0) is 30.7. The molecular formula is C30H27F6N3O2. The Kier molecular flexibility index (Phi) is 12.1. The Hall–Kier alpha value is -4.67. The van der Waals surface area contributed by atoms with Crippen LogP contribution in [-0.2, 0) is 9.59 Å². The summed E-state index contributed by atoms with van der Waals surface area (Å²) in [5.41, 5.74) is 5.52. The Labute approximate surface area is 233 Å². The van der Waals surface area contributed by atoms with E-state index >= 15 is 0 Å². The lowest BCUT2D eigenvalue weighted by molar-refractivity contribution is -0.120. The number of primary amides is 1. The second-order valence-corrected chi connectivity index (χ2v) is 8.55. The zero-order valence-corrected chi connectivity index (χ0v) is 22.2. The molecule has 216 valence electrons. The first-order chi connectivity index (χ1) is 19.4. The Bertz CT molecular complexity index is 1440. The van der Waals surface area contributed by atoms with Crippen LogP contribution in [0.4, 0.5) is 32.0 Å². The van der Waals surface area contributed by atoms with E-state index in [-0.39, 0.29) is 28.4 Å². The lowest BCUT2D eigenvalue weighted by Crippen LogP contribution is -2.27. The summed E-state index contributed by atoms with van der Waals surface area (Å²) < 4.78 is 80.1. The van der Waals surface area contributed by atoms with Crippen molar-refractivity contribution in [2.75, 3.05) is 0 Å². The molecule has 2 amide bonds. The molecule has 3 aromatic carbocycles. The number of nitrogens with zero attached hydrogens (tertiary/aromatic N) is 1. The minimum Gasteiger partial charge on any atom is -0.366 e. The minimum absolute atomic E-state index is 0.108. The Morgan fingerprint density at radius 1 is 0.927 bits per heavy atom. The number of rotatable bonds is 5. The predicted molar refractivity (Wildman–Crippen MR) is 145 cm³/mol. The molecule has 3 N–H and O–H groups in total. The van der Waals surface area contributed by atoms with Gasteiger partial charge in [0.1, 0.15) is 34.9 Å². The lowest BCUT2D eigenvalue weighted by atomic mass is 9.99. The van der Waals surface area contributed by atoms with Gasteiger partial charge in [-0.05, 0) is 43.5 Å². The van der Waals surface area contributed by atoms with Crippen molar-refractivity contribution in [1.29, 1.82) is 0 Å². The normalized spacial score (nSPS) is 12.9. The summed E-state index contributed by atoms with van der Waals surface area (Å²) in [5.74, 6) is -6.60. The molecular weight excluding hydrogens is 548 g/mol. The predicted octanol–water partition coefficient (Wildman–Crippen LogP) is 7.04. The number of hydrogen-bond acceptors (Lipinski definition) is 3. The van der Waals surface area contributed by atoms with Gasteiger partial charge in [-0.3, -0.25) is 14.6 Å². The van der Waals surface area contributed by atoms with Crippen molar-refractivity contribution in [2.45, 2.75) is 33.1 Å². The van der Waals surface area contributed by atoms with Gasteiger partial charge in [-0.15, -0.1) is 0 Å². The molecule has 0 atom stereocenters. The number of allylic oxidation sites excluding steroid dienone is 1. The number of carbonyl (C=O) groups excluding carboxylic acids is 2. The van der Waals surface area contributed by atoms with Crippen molar-refractivity contribution in [3.8, 4) is 0 Å². The molecule has 0 fully saturated rings. The van der Waals surface area contributed by atoms with Crippen molar-refractivity contribution in [3.05, 3.63) is 119 Å². The second kappa shape index (κ2) is 15.2. The number of benzene rings is 3. The first-order valence-electron chi connectivity index (χ1n) is 12.2. The number of amides is 2. The summed E-state index contributed by atoms with van der Waals surface area (Å²) in [6.07, 6.45) is 2.13. The monoisotopic (exact) mass is 575 g/mol. The molecule has 0 saturated heterocycles. The average molecular weight is 576 g/mol. The third kappa shape index (κ3) is 9.48. The van der Waals surface area contributed by atoms with Gasteiger partial charge in [-0.1, -0.05) is 31.7 Å². The van der Waals surface area contributed by atoms with Gasteiger partial charge in [0.15, 0.2) is 0 Å². The van der Waals surface area contributed by atoms with Gasteiger partial charge >= 0.3 is 0 Å². The molecule has 5 nitrogen and oxygen atoms in total. The van der Waals surface area contributed by atoms with Gasteiger partial charge in [-0.25, -0.2) is 26.3 Å². The van der Waals surface area contributed by atoms with Crippen LogP contribution < -0.4 is 11.1 Å². The highest BCUT2D eigenvalue weighted by atomic mass is 19.2. The van der Waals surface area contributed by atoms with Crippen molar-refractivity contribution in [1.82, 2.24) is 5.32 Å². The molecule has 1 heterocycles. The highest BCUT2D eigenvalue weighted by Crippen LogP contribution is 2.28. The summed E-state index contributed by atoms with van der Waals surface area (Å²) >= 11 is 0. The van der Waals surface area contributed by atoms with Crippen LogP contribution in [0.2, 0.25) is 0 Å². The number of nitrogens with two attached hydrogens (primary N) is 1. The van der Waals surface area contributed by atoms with Crippen molar-refractivity contribution >= 4 is 28.9 Å². The van der Waals surface area contributed by atoms with E-state index in [1.807, 2.05) is 6.07 Å². The van der Waals surface area contributed by atoms with Crippen LogP contribution in [0.1, 0.15) is 44.2 Å². The maximum atomic E-state index is 13.7. The third-order valence-electron chi connectivity index (χ3n) is 5.53. The molecule has 41 heavy (non-hydrogen) atoms. The smallest absolute Gasteiger partial charge is 0.240 e. The molecule has 3 aromatic rings. The van der Waals surface area contributed by atoms with E-state index in [9.17, 15) is 35.9 Å². The molecule has 4 rings (SSSR count). The molecule has 1 aliphatic rings. The van der Waals surface area contributed by atoms with E-state index in [4.69, 9.17) is 0 Å². The van der Waals surface area contributed by atoms with E-state index in [0.29, 0.717) is 54.8 Å². The summed E-state index contributed by atoms with van der Waals surface area (Å²) in [7, 11) is 0. The molecule has 0 unspecified atom stereocenters. The second-order valence-electron chi connectivity index (χ2n) is 8.55. The third-order valence-corrected chi connectivity index (χ3v) is 5.53. The molecule has 0 radical (unpaired) electrons. The fourth-order valence-electron chi connectivity index (χ4n) is 3.58. The lowest BCUT2D eigenvalue weighted by Gasteiger charge is -2.19. The van der Waals surface area contributed by atoms with E-state index < -0.39 is 40.8 Å². The fourth-order valence-corrected chi connectivity index (χ4v) is 3.58. The van der Waals surface area contributed by atoms with Crippen molar-refractivity contribution < 1.29 is 35.9 Å². The molecule has 0 aromatic heterocycles. The fraction of sp³-hybridized carbons (Fsp3) is 0.167. The average Bonchev–Trinajstić information content (AvgIpc) is 2.90. The molecule has 11 heteroatoms. The SMILES string of the molecule is C=CC(N)=O.CC1=C(c2c(F)cc(F)cc2F)NC(=O)CC1.CCC(=Nc1ccccc1)c1c(F)cc(F)cc1F. The molecule has 1 aliphatic heterocycles. The quantitative estimate of drug-likeness (QED) is 0.194. The van der Waals surface area contributed by atoms with Gasteiger partial charge in [0.25, 0.3) is 0 Å². The van der Waals surface area contributed by atoms with Crippen LogP contribution >= 0.6 is 0 Å². The molecule has 0 saturated carbocycles. The van der Waals surface area contributed by atoms with Crippen LogP contribution in [0.5, 0.6) is 0 Å². The standard InChI is InChI=1S/C15H12F3N.C12H10F3NO.C3H5NO/c1-2-14(19-11-6-4-3-5-7-11)15-12(17)8-10(16)9-13(15)18;1-6-2-3-10(17)16-12(6)11-8(14)4-7(13)5-9(11)15;1-2-3(4)5/h3-9H,2H2,1H3;4-5H,2-3H2,1H3,(H,16,17);2H,1H2,(H2,4,5). The Balaban J connectivity index is 0.000000248. The van der Waals surface area contributed by atoms with Crippen LogP contribution in [0.3, 0.4) is 0 Å². The first-order valence-corrected chi connectivity index (χ1v) is 12.2. The molecule has 0 spiro atoms. The largest absolute Gasteiger partial charge is 0.366 e. The number of hydrogen-bond donors (Lipinski definition) is 2. The number of para-hydroxylation sites is 1. The number of carbonyl (C=O) groups is 2. The van der Waals surface area contributed by atoms with Gasteiger partial charge < -0.3 is 11.1 Å². The van der Waals surface area contributed by atoms with Crippen LogP contribution in [0.15, 0.2) is 77.8 Å². The molecule has 0 bridgehead atoms. The Morgan fingerprint density at radius 3 is 1.88 bits per heavy atom. The van der Waals surface area contributed by atoms with Gasteiger partial charge in [0.2, 0.25) is 11.8 Å². The minimum atomic E-state index is -1.01. The summed E-state index contributed by atoms with van der Waals surface area (Å²) in [4.78, 5) is 24.9. The van der Waals surface area contributed by atoms with Crippen LogP contribution in [0, 0.1) is 34.9 Å². The number of nitrogens with one attached hydrogen (secondary N) is 1. The summed E-state index contributed by atoms with van der Waals surface area (Å²) in [6.45, 7) is 6.50. The van der Waals surface area contributed by atoms with E-state index in [1.54, 1.807) is 38.1 Å². The molecule has 0 aliphatic carbocycles. The van der Waals surface area contributed by atoms with E-state index in [2.05, 4.69) is 22.6 Å².